The number of hydrogen-bond donors (Lipinski definition) is 0. The Kier molecular flexibility index (Phi) is 3.90. The van der Waals surface area contributed by atoms with Gasteiger partial charge >= 0.3 is 5.90 Å². The first-order valence-corrected chi connectivity index (χ1v) is 5.40. The molecule has 1 aromatic carbocycles. The fourth-order valence-electron chi connectivity index (χ4n) is 1.35. The first kappa shape index (κ1) is 14.0. The average Bonchev–Trinajstić information content (AvgIpc) is 2.29. The van der Waals surface area contributed by atoms with Gasteiger partial charge in [0.1, 0.15) is 0 Å². The molecule has 0 saturated carbocycles. The Balaban J connectivity index is 3.22. The van der Waals surface area contributed by atoms with Gasteiger partial charge in [0, 0.05) is 32.9 Å². The lowest BCUT2D eigenvalue weighted by Gasteiger charge is -2.21. The zero-order chi connectivity index (χ0) is 13.9. The van der Waals surface area contributed by atoms with Crippen molar-refractivity contribution in [2.75, 3.05) is 7.11 Å². The number of hydroxylamine groups is 1. The van der Waals surface area contributed by atoms with Gasteiger partial charge in [-0.1, -0.05) is 0 Å². The topological polar surface area (TPSA) is 78.4 Å². The number of rotatable bonds is 2. The second-order valence-corrected chi connectivity index (χ2v) is 4.78. The average molecular weight is 252 g/mol. The first-order chi connectivity index (χ1) is 8.27. The van der Waals surface area contributed by atoms with Crippen LogP contribution in [0.5, 0.6) is 0 Å². The summed E-state index contributed by atoms with van der Waals surface area (Å²) >= 11 is 0. The first-order valence-electron chi connectivity index (χ1n) is 5.40. The van der Waals surface area contributed by atoms with Crippen molar-refractivity contribution in [1.82, 2.24) is 0 Å². The number of nitro groups is 1. The summed E-state index contributed by atoms with van der Waals surface area (Å²) in [4.78, 5) is 10.0. The van der Waals surface area contributed by atoms with Crippen molar-refractivity contribution in [2.24, 2.45) is 0 Å². The van der Waals surface area contributed by atoms with E-state index >= 15 is 0 Å². The number of nitrogens with zero attached hydrogens (tertiary/aromatic N) is 2. The van der Waals surface area contributed by atoms with Gasteiger partial charge in [0.15, 0.2) is 5.54 Å². The van der Waals surface area contributed by atoms with Crippen LogP contribution in [0.4, 0.5) is 5.69 Å². The molecule has 0 aliphatic carbocycles. The smallest absolute Gasteiger partial charge is 0.381 e. The van der Waals surface area contributed by atoms with Gasteiger partial charge in [-0.05, 0) is 12.1 Å². The fourth-order valence-corrected chi connectivity index (χ4v) is 1.35. The maximum Gasteiger partial charge on any atom is 0.381 e. The Morgan fingerprint density at radius 2 is 1.67 bits per heavy atom. The Morgan fingerprint density at radius 1 is 1.17 bits per heavy atom. The van der Waals surface area contributed by atoms with Crippen molar-refractivity contribution in [3.63, 3.8) is 0 Å². The van der Waals surface area contributed by atoms with Crippen molar-refractivity contribution >= 4 is 11.6 Å². The third kappa shape index (κ3) is 2.97. The number of benzene rings is 1. The Labute approximate surface area is 105 Å². The van der Waals surface area contributed by atoms with E-state index in [-0.39, 0.29) is 11.6 Å². The molecule has 0 bridgehead atoms. The maximum absolute atomic E-state index is 12.0. The van der Waals surface area contributed by atoms with Gasteiger partial charge in [-0.15, -0.1) is 0 Å². The van der Waals surface area contributed by atoms with Gasteiger partial charge in [0.25, 0.3) is 5.69 Å². The maximum atomic E-state index is 12.0. The molecule has 0 radical (unpaired) electrons. The van der Waals surface area contributed by atoms with E-state index in [1.807, 2.05) is 0 Å². The van der Waals surface area contributed by atoms with E-state index in [1.54, 1.807) is 20.8 Å². The van der Waals surface area contributed by atoms with Gasteiger partial charge in [-0.2, -0.15) is 4.74 Å². The lowest BCUT2D eigenvalue weighted by atomic mass is 10.1. The number of nitro benzene ring substituents is 1. The van der Waals surface area contributed by atoms with E-state index in [0.717, 1.165) is 4.74 Å². The van der Waals surface area contributed by atoms with Crippen molar-refractivity contribution in [2.45, 2.75) is 26.3 Å². The van der Waals surface area contributed by atoms with E-state index in [2.05, 4.69) is 0 Å². The molecule has 0 N–H and O–H groups in total. The molecule has 0 aliphatic rings. The molecule has 1 aromatic rings. The molecule has 0 aliphatic heterocycles. The van der Waals surface area contributed by atoms with E-state index in [1.165, 1.54) is 31.4 Å². The predicted octanol–water partition coefficient (Wildman–Crippen LogP) is 2.30. The molecule has 6 heteroatoms. The van der Waals surface area contributed by atoms with Crippen LogP contribution in [0.15, 0.2) is 24.3 Å². The van der Waals surface area contributed by atoms with Gasteiger partial charge in [0.05, 0.1) is 17.6 Å². The molecule has 6 nitrogen and oxygen atoms in total. The quantitative estimate of drug-likeness (QED) is 0.202. The normalized spacial score (nSPS) is 12.9. The van der Waals surface area contributed by atoms with Crippen LogP contribution in [-0.2, 0) is 4.74 Å². The molecule has 0 spiro atoms. The third-order valence-corrected chi connectivity index (χ3v) is 2.31. The minimum Gasteiger partial charge on any atom is -0.621 e. The number of non-ortho nitro benzene ring substituents is 1. The Morgan fingerprint density at radius 3 is 2.00 bits per heavy atom. The second kappa shape index (κ2) is 5.03. The molecule has 0 atom stereocenters. The van der Waals surface area contributed by atoms with Gasteiger partial charge < -0.3 is 9.94 Å². The summed E-state index contributed by atoms with van der Waals surface area (Å²) in [6.07, 6.45) is 0. The molecule has 0 amide bonds. The Bertz CT molecular complexity index is 472. The second-order valence-electron chi connectivity index (χ2n) is 4.78. The van der Waals surface area contributed by atoms with Crippen LogP contribution in [0.2, 0.25) is 0 Å². The van der Waals surface area contributed by atoms with E-state index in [0.29, 0.717) is 5.56 Å². The molecule has 0 fully saturated rings. The fraction of sp³-hybridized carbons (Fsp3) is 0.417. The van der Waals surface area contributed by atoms with E-state index in [9.17, 15) is 15.3 Å². The number of hydrogen-bond acceptors (Lipinski definition) is 4. The van der Waals surface area contributed by atoms with Crippen LogP contribution in [0.25, 0.3) is 0 Å². The molecule has 0 saturated heterocycles. The summed E-state index contributed by atoms with van der Waals surface area (Å²) in [6, 6.07) is 5.66. The summed E-state index contributed by atoms with van der Waals surface area (Å²) in [5, 5.41) is 22.6. The van der Waals surface area contributed by atoms with Crippen molar-refractivity contribution in [3.05, 3.63) is 45.2 Å². The van der Waals surface area contributed by atoms with Crippen LogP contribution in [0.1, 0.15) is 26.3 Å². The van der Waals surface area contributed by atoms with Gasteiger partial charge in [0.2, 0.25) is 0 Å². The molecule has 0 unspecified atom stereocenters. The minimum atomic E-state index is -0.646. The lowest BCUT2D eigenvalue weighted by molar-refractivity contribution is -0.542. The minimum absolute atomic E-state index is 0.0255. The standard InChI is InChI=1S/C12H16N2O4/c1-12(2,3)13(15)11(18-4)9-5-7-10(8-6-9)14(16)17/h5-8H,1-4H3/b13-11+. The summed E-state index contributed by atoms with van der Waals surface area (Å²) in [5.74, 6) is 0.136. The highest BCUT2D eigenvalue weighted by Crippen LogP contribution is 2.15. The molecule has 98 valence electrons. The third-order valence-electron chi connectivity index (χ3n) is 2.31. The van der Waals surface area contributed by atoms with Crippen LogP contribution in [0.3, 0.4) is 0 Å². The lowest BCUT2D eigenvalue weighted by Crippen LogP contribution is -2.34. The largest absolute Gasteiger partial charge is 0.621 e. The molecular weight excluding hydrogens is 236 g/mol. The zero-order valence-corrected chi connectivity index (χ0v) is 10.8. The monoisotopic (exact) mass is 252 g/mol. The van der Waals surface area contributed by atoms with Crippen LogP contribution >= 0.6 is 0 Å². The van der Waals surface area contributed by atoms with Crippen LogP contribution in [0, 0.1) is 15.3 Å². The van der Waals surface area contributed by atoms with Crippen molar-refractivity contribution in [3.8, 4) is 0 Å². The van der Waals surface area contributed by atoms with Gasteiger partial charge in [-0.3, -0.25) is 10.1 Å². The molecule has 1 rings (SSSR count). The van der Waals surface area contributed by atoms with Crippen LogP contribution in [-0.4, -0.2) is 28.2 Å². The summed E-state index contributed by atoms with van der Waals surface area (Å²) in [6.45, 7) is 5.26. The SMILES string of the molecule is CO/C(c1ccc([N+](=O)[O-])cc1)=[N+](/[O-])C(C)(C)C. The number of ether oxygens (including phenoxy) is 1. The van der Waals surface area contributed by atoms with Crippen LogP contribution < -0.4 is 0 Å². The number of methoxy groups -OCH3 is 1. The zero-order valence-electron chi connectivity index (χ0n) is 10.8. The molecular formula is C12H16N2O4. The van der Waals surface area contributed by atoms with Crippen molar-refractivity contribution in [1.29, 1.82) is 0 Å². The highest BCUT2D eigenvalue weighted by Gasteiger charge is 2.25. The predicted molar refractivity (Wildman–Crippen MR) is 67.6 cm³/mol. The summed E-state index contributed by atoms with van der Waals surface area (Å²) in [5.41, 5.74) is -0.164. The highest BCUT2D eigenvalue weighted by molar-refractivity contribution is 5.90. The molecule has 0 heterocycles. The summed E-state index contributed by atoms with van der Waals surface area (Å²) < 4.78 is 5.83. The van der Waals surface area contributed by atoms with Crippen molar-refractivity contribution < 1.29 is 14.4 Å². The highest BCUT2D eigenvalue weighted by atomic mass is 16.6. The van der Waals surface area contributed by atoms with Gasteiger partial charge in [-0.25, -0.2) is 0 Å². The summed E-state index contributed by atoms with van der Waals surface area (Å²) in [7, 11) is 1.40. The van der Waals surface area contributed by atoms with E-state index in [4.69, 9.17) is 4.74 Å². The molecule has 18 heavy (non-hydrogen) atoms. The van der Waals surface area contributed by atoms with E-state index < -0.39 is 10.5 Å². The Hall–Kier alpha value is -2.11. The molecule has 0 aromatic heterocycles.